The minimum atomic E-state index is 1.11. The van der Waals surface area contributed by atoms with Gasteiger partial charge in [0.25, 0.3) is 0 Å². The van der Waals surface area contributed by atoms with Crippen molar-refractivity contribution < 1.29 is 0 Å². The van der Waals surface area contributed by atoms with Crippen LogP contribution in [0.5, 0.6) is 0 Å². The van der Waals surface area contributed by atoms with Crippen LogP contribution >= 0.6 is 0 Å². The standard InChI is InChI=1S/C6H10.C4H10.C2H6/c1-4-5-6(2)3;1-3-4-2;1-2/h4-5H,2H2,1,3H3;3-4H2,1-2H3;1-2H3/b5-4-;;. The van der Waals surface area contributed by atoms with Crippen LogP contribution < -0.4 is 0 Å². The highest BCUT2D eigenvalue weighted by Gasteiger charge is 1.63. The zero-order chi connectivity index (χ0) is 10.4. The van der Waals surface area contributed by atoms with Crippen LogP contribution in [0.4, 0.5) is 0 Å². The van der Waals surface area contributed by atoms with Crippen molar-refractivity contribution in [3.8, 4) is 0 Å². The van der Waals surface area contributed by atoms with Crippen molar-refractivity contribution in [2.75, 3.05) is 0 Å². The third kappa shape index (κ3) is 56.3. The second-order valence-corrected chi connectivity index (χ2v) is 2.35. The first kappa shape index (κ1) is 17.5. The number of hydrogen-bond acceptors (Lipinski definition) is 0. The summed E-state index contributed by atoms with van der Waals surface area (Å²) >= 11 is 0. The normalized spacial score (nSPS) is 7.83. The van der Waals surface area contributed by atoms with E-state index in [4.69, 9.17) is 0 Å². The van der Waals surface area contributed by atoms with Crippen LogP contribution in [-0.4, -0.2) is 0 Å². The first-order chi connectivity index (χ1) is 5.68. The van der Waals surface area contributed by atoms with E-state index in [1.54, 1.807) is 0 Å². The predicted octanol–water partition coefficient (Wildman–Crippen LogP) is 4.97. The second-order valence-electron chi connectivity index (χ2n) is 2.35. The molecule has 0 amide bonds. The molecule has 0 N–H and O–H groups in total. The lowest BCUT2D eigenvalue weighted by molar-refractivity contribution is 0.886. The van der Waals surface area contributed by atoms with E-state index >= 15 is 0 Å². The lowest BCUT2D eigenvalue weighted by atomic mass is 10.3. The van der Waals surface area contributed by atoms with Gasteiger partial charge in [0.05, 0.1) is 0 Å². The highest BCUT2D eigenvalue weighted by atomic mass is 13.7. The Morgan fingerprint density at radius 1 is 1.17 bits per heavy atom. The SMILES string of the molecule is C=C(C)/C=C\C.CC.CCCC. The van der Waals surface area contributed by atoms with E-state index in [1.807, 2.05) is 39.8 Å². The number of rotatable bonds is 2. The molecule has 0 heteroatoms. The molecule has 0 nitrogen and oxygen atoms in total. The average Bonchev–Trinajstić information content (AvgIpc) is 2.08. The molecule has 12 heavy (non-hydrogen) atoms. The molecule has 0 aliphatic rings. The monoisotopic (exact) mass is 170 g/mol. The van der Waals surface area contributed by atoms with Crippen LogP contribution in [0.25, 0.3) is 0 Å². The van der Waals surface area contributed by atoms with E-state index in [0.717, 1.165) is 5.57 Å². The van der Waals surface area contributed by atoms with Crippen molar-refractivity contribution >= 4 is 0 Å². The third-order valence-electron chi connectivity index (χ3n) is 0.951. The van der Waals surface area contributed by atoms with Gasteiger partial charge in [-0.1, -0.05) is 64.8 Å². The van der Waals surface area contributed by atoms with Gasteiger partial charge in [-0.15, -0.1) is 0 Å². The van der Waals surface area contributed by atoms with Gasteiger partial charge < -0.3 is 0 Å². The van der Waals surface area contributed by atoms with Crippen LogP contribution in [-0.2, 0) is 0 Å². The molecular weight excluding hydrogens is 144 g/mol. The molecule has 0 aromatic carbocycles. The Labute approximate surface area is 79.4 Å². The zero-order valence-corrected chi connectivity index (χ0v) is 9.78. The Hall–Kier alpha value is -0.520. The van der Waals surface area contributed by atoms with Gasteiger partial charge in [0, 0.05) is 0 Å². The van der Waals surface area contributed by atoms with Gasteiger partial charge in [0.15, 0.2) is 0 Å². The largest absolute Gasteiger partial charge is 0.0961 e. The fraction of sp³-hybridized carbons (Fsp3) is 0.667. The summed E-state index contributed by atoms with van der Waals surface area (Å²) in [5, 5.41) is 0. The molecule has 0 spiro atoms. The Morgan fingerprint density at radius 3 is 1.50 bits per heavy atom. The molecule has 0 aliphatic heterocycles. The maximum absolute atomic E-state index is 3.66. The summed E-state index contributed by atoms with van der Waals surface area (Å²) in [5.74, 6) is 0. The molecule has 0 fully saturated rings. The molecule has 0 rings (SSSR count). The molecule has 0 unspecified atom stereocenters. The summed E-state index contributed by atoms with van der Waals surface area (Å²) in [5.41, 5.74) is 1.11. The molecular formula is C12H26. The number of hydrogen-bond donors (Lipinski definition) is 0. The van der Waals surface area contributed by atoms with Gasteiger partial charge in [-0.25, -0.2) is 0 Å². The van der Waals surface area contributed by atoms with Crippen molar-refractivity contribution in [2.45, 2.75) is 54.4 Å². The summed E-state index contributed by atoms with van der Waals surface area (Å²) in [6, 6.07) is 0. The predicted molar refractivity (Wildman–Crippen MR) is 61.6 cm³/mol. The topological polar surface area (TPSA) is 0 Å². The highest BCUT2D eigenvalue weighted by molar-refractivity contribution is 5.09. The van der Waals surface area contributed by atoms with Gasteiger partial charge in [-0.2, -0.15) is 0 Å². The Balaban J connectivity index is -0.000000118. The van der Waals surface area contributed by atoms with Crippen LogP contribution in [0.15, 0.2) is 24.3 Å². The van der Waals surface area contributed by atoms with E-state index in [2.05, 4.69) is 20.4 Å². The van der Waals surface area contributed by atoms with Gasteiger partial charge in [0.2, 0.25) is 0 Å². The molecule has 0 radical (unpaired) electrons. The van der Waals surface area contributed by atoms with Crippen molar-refractivity contribution in [1.82, 2.24) is 0 Å². The Kier molecular flexibility index (Phi) is 32.8. The van der Waals surface area contributed by atoms with Crippen LogP contribution in [0, 0.1) is 0 Å². The molecule has 74 valence electrons. The smallest absolute Gasteiger partial charge is 0.0404 e. The van der Waals surface area contributed by atoms with Crippen molar-refractivity contribution in [3.05, 3.63) is 24.3 Å². The average molecular weight is 170 g/mol. The van der Waals surface area contributed by atoms with Crippen LogP contribution in [0.1, 0.15) is 54.4 Å². The van der Waals surface area contributed by atoms with E-state index in [9.17, 15) is 0 Å². The van der Waals surface area contributed by atoms with Crippen molar-refractivity contribution in [1.29, 1.82) is 0 Å². The molecule has 0 bridgehead atoms. The number of unbranched alkanes of at least 4 members (excludes halogenated alkanes) is 1. The quantitative estimate of drug-likeness (QED) is 0.513. The molecule has 0 saturated heterocycles. The second kappa shape index (κ2) is 22.4. The first-order valence-electron chi connectivity index (χ1n) is 4.97. The maximum Gasteiger partial charge on any atom is -0.0404 e. The van der Waals surface area contributed by atoms with E-state index in [1.165, 1.54) is 12.8 Å². The zero-order valence-electron chi connectivity index (χ0n) is 9.78. The molecule has 0 aliphatic carbocycles. The van der Waals surface area contributed by atoms with E-state index < -0.39 is 0 Å². The van der Waals surface area contributed by atoms with E-state index in [0.29, 0.717) is 0 Å². The Bertz CT molecular complexity index is 86.2. The third-order valence-corrected chi connectivity index (χ3v) is 0.951. The summed E-state index contributed by atoms with van der Waals surface area (Å²) in [6.07, 6.45) is 6.59. The molecule has 0 saturated carbocycles. The maximum atomic E-state index is 3.66. The summed E-state index contributed by atoms with van der Waals surface area (Å²) in [7, 11) is 0. The first-order valence-corrected chi connectivity index (χ1v) is 4.97. The van der Waals surface area contributed by atoms with Crippen LogP contribution in [0.2, 0.25) is 0 Å². The van der Waals surface area contributed by atoms with Crippen LogP contribution in [0.3, 0.4) is 0 Å². The van der Waals surface area contributed by atoms with Gasteiger partial charge in [-0.3, -0.25) is 0 Å². The fourth-order valence-electron chi connectivity index (χ4n) is 0.285. The number of allylic oxidation sites excluding steroid dienone is 3. The summed E-state index contributed by atoms with van der Waals surface area (Å²) in [6.45, 7) is 16.0. The lowest BCUT2D eigenvalue weighted by Gasteiger charge is -1.75. The fourth-order valence-corrected chi connectivity index (χ4v) is 0.285. The molecule has 0 atom stereocenters. The highest BCUT2D eigenvalue weighted by Crippen LogP contribution is 1.85. The lowest BCUT2D eigenvalue weighted by Crippen LogP contribution is -1.54. The molecule has 0 aromatic heterocycles. The molecule has 0 heterocycles. The summed E-state index contributed by atoms with van der Waals surface area (Å²) in [4.78, 5) is 0. The summed E-state index contributed by atoms with van der Waals surface area (Å²) < 4.78 is 0. The van der Waals surface area contributed by atoms with Gasteiger partial charge >= 0.3 is 0 Å². The minimum absolute atomic E-state index is 1.11. The Morgan fingerprint density at radius 2 is 1.50 bits per heavy atom. The van der Waals surface area contributed by atoms with E-state index in [-0.39, 0.29) is 0 Å². The minimum Gasteiger partial charge on any atom is -0.0961 e. The van der Waals surface area contributed by atoms with Gasteiger partial charge in [0.1, 0.15) is 0 Å². The van der Waals surface area contributed by atoms with Crippen molar-refractivity contribution in [3.63, 3.8) is 0 Å². The molecule has 0 aromatic rings. The van der Waals surface area contributed by atoms with Gasteiger partial charge in [-0.05, 0) is 13.8 Å². The van der Waals surface area contributed by atoms with Crippen molar-refractivity contribution in [2.24, 2.45) is 0 Å².